The average molecular weight is 260 g/mol. The number of ether oxygens (including phenoxy) is 1. The topological polar surface area (TPSA) is 50.4 Å². The maximum Gasteiger partial charge on any atom is 0.226 e. The quantitative estimate of drug-likeness (QED) is 0.851. The van der Waals surface area contributed by atoms with Gasteiger partial charge in [-0.25, -0.2) is 0 Å². The molecule has 102 valence electrons. The van der Waals surface area contributed by atoms with Crippen LogP contribution in [0.15, 0.2) is 24.3 Å². The molecule has 4 heteroatoms. The van der Waals surface area contributed by atoms with Gasteiger partial charge >= 0.3 is 0 Å². The minimum absolute atomic E-state index is 0.0516. The number of amides is 1. The van der Waals surface area contributed by atoms with Gasteiger partial charge in [-0.1, -0.05) is 18.2 Å². The fraction of sp³-hybridized carbons (Fsp3) is 0.533. The molecule has 0 spiro atoms. The van der Waals surface area contributed by atoms with E-state index < -0.39 is 0 Å². The average Bonchev–Trinajstić information content (AvgIpc) is 2.97. The first kappa shape index (κ1) is 12.5. The van der Waals surface area contributed by atoms with Crippen molar-refractivity contribution in [3.8, 4) is 5.75 Å². The lowest BCUT2D eigenvalue weighted by atomic mass is 9.96. The summed E-state index contributed by atoms with van der Waals surface area (Å²) >= 11 is 0. The lowest BCUT2D eigenvalue weighted by Crippen LogP contribution is -2.39. The van der Waals surface area contributed by atoms with Crippen molar-refractivity contribution in [2.75, 3.05) is 26.2 Å². The molecule has 2 unspecified atom stereocenters. The van der Waals surface area contributed by atoms with Crippen LogP contribution in [0.1, 0.15) is 12.0 Å². The molecule has 19 heavy (non-hydrogen) atoms. The minimum Gasteiger partial charge on any atom is -0.492 e. The van der Waals surface area contributed by atoms with Crippen molar-refractivity contribution < 1.29 is 9.53 Å². The van der Waals surface area contributed by atoms with E-state index in [1.165, 1.54) is 0 Å². The van der Waals surface area contributed by atoms with Gasteiger partial charge in [0.15, 0.2) is 0 Å². The van der Waals surface area contributed by atoms with Gasteiger partial charge in [-0.15, -0.1) is 0 Å². The van der Waals surface area contributed by atoms with Crippen molar-refractivity contribution in [2.24, 2.45) is 11.8 Å². The van der Waals surface area contributed by atoms with Gasteiger partial charge in [0.2, 0.25) is 5.91 Å². The SMILES string of the molecule is O=C(NCC1CCNC1)C1COc2ccccc2C1. The number of carbonyl (C=O) groups is 1. The first-order valence-corrected chi connectivity index (χ1v) is 7.02. The highest BCUT2D eigenvalue weighted by Gasteiger charge is 2.26. The van der Waals surface area contributed by atoms with Crippen LogP contribution in [0, 0.1) is 11.8 Å². The van der Waals surface area contributed by atoms with Crippen molar-refractivity contribution in [3.05, 3.63) is 29.8 Å². The largest absolute Gasteiger partial charge is 0.492 e. The monoisotopic (exact) mass is 260 g/mol. The lowest BCUT2D eigenvalue weighted by molar-refractivity contribution is -0.126. The smallest absolute Gasteiger partial charge is 0.226 e. The van der Waals surface area contributed by atoms with E-state index in [2.05, 4.69) is 10.6 Å². The highest BCUT2D eigenvalue weighted by atomic mass is 16.5. The third kappa shape index (κ3) is 2.89. The van der Waals surface area contributed by atoms with Crippen LogP contribution in [0.25, 0.3) is 0 Å². The van der Waals surface area contributed by atoms with Crippen LogP contribution >= 0.6 is 0 Å². The van der Waals surface area contributed by atoms with Crippen LogP contribution in [-0.2, 0) is 11.2 Å². The van der Waals surface area contributed by atoms with Gasteiger partial charge in [0.1, 0.15) is 12.4 Å². The second-order valence-electron chi connectivity index (χ2n) is 5.42. The summed E-state index contributed by atoms with van der Waals surface area (Å²) in [5.41, 5.74) is 1.14. The molecule has 2 aliphatic rings. The zero-order valence-electron chi connectivity index (χ0n) is 11.0. The Morgan fingerprint density at radius 3 is 3.16 bits per heavy atom. The number of rotatable bonds is 3. The maximum atomic E-state index is 12.2. The van der Waals surface area contributed by atoms with Crippen molar-refractivity contribution >= 4 is 5.91 Å². The number of carbonyl (C=O) groups excluding carboxylic acids is 1. The summed E-state index contributed by atoms with van der Waals surface area (Å²) in [6, 6.07) is 7.96. The maximum absolute atomic E-state index is 12.2. The summed E-state index contributed by atoms with van der Waals surface area (Å²) in [6.45, 7) is 3.36. The third-order valence-electron chi connectivity index (χ3n) is 3.98. The molecule has 0 aliphatic carbocycles. The molecule has 0 aromatic heterocycles. The van der Waals surface area contributed by atoms with Crippen LogP contribution in [0.4, 0.5) is 0 Å². The van der Waals surface area contributed by atoms with Crippen molar-refractivity contribution in [1.82, 2.24) is 10.6 Å². The predicted molar refractivity (Wildman–Crippen MR) is 73.1 cm³/mol. The number of hydrogen-bond acceptors (Lipinski definition) is 3. The lowest BCUT2D eigenvalue weighted by Gasteiger charge is -2.25. The molecule has 1 aromatic carbocycles. The Hall–Kier alpha value is -1.55. The third-order valence-corrected chi connectivity index (χ3v) is 3.98. The second-order valence-corrected chi connectivity index (χ2v) is 5.42. The van der Waals surface area contributed by atoms with Gasteiger partial charge in [0.05, 0.1) is 5.92 Å². The van der Waals surface area contributed by atoms with E-state index in [0.29, 0.717) is 12.5 Å². The molecule has 2 aliphatic heterocycles. The van der Waals surface area contributed by atoms with Crippen LogP contribution in [0.5, 0.6) is 5.75 Å². The Kier molecular flexibility index (Phi) is 3.69. The molecule has 1 amide bonds. The Balaban J connectivity index is 1.54. The Morgan fingerprint density at radius 1 is 1.42 bits per heavy atom. The zero-order valence-corrected chi connectivity index (χ0v) is 11.0. The molecule has 2 heterocycles. The van der Waals surface area contributed by atoms with Crippen LogP contribution in [0.3, 0.4) is 0 Å². The van der Waals surface area contributed by atoms with E-state index >= 15 is 0 Å². The normalized spacial score (nSPS) is 25.5. The van der Waals surface area contributed by atoms with E-state index in [1.54, 1.807) is 0 Å². The van der Waals surface area contributed by atoms with Crippen LogP contribution in [-0.4, -0.2) is 32.1 Å². The molecule has 2 N–H and O–H groups in total. The summed E-state index contributed by atoms with van der Waals surface area (Å²) in [7, 11) is 0. The van der Waals surface area contributed by atoms with Crippen molar-refractivity contribution in [3.63, 3.8) is 0 Å². The molecule has 0 bridgehead atoms. The number of para-hydroxylation sites is 1. The fourth-order valence-electron chi connectivity index (χ4n) is 2.77. The summed E-state index contributed by atoms with van der Waals surface area (Å²) in [4.78, 5) is 12.2. The van der Waals surface area contributed by atoms with Crippen molar-refractivity contribution in [1.29, 1.82) is 0 Å². The zero-order chi connectivity index (χ0) is 13.1. The number of fused-ring (bicyclic) bond motifs is 1. The molecule has 1 saturated heterocycles. The molecule has 4 nitrogen and oxygen atoms in total. The van der Waals surface area contributed by atoms with Gasteiger partial charge in [-0.2, -0.15) is 0 Å². The molecule has 1 aromatic rings. The minimum atomic E-state index is -0.0516. The highest BCUT2D eigenvalue weighted by Crippen LogP contribution is 2.26. The van der Waals surface area contributed by atoms with Gasteiger partial charge in [-0.3, -0.25) is 4.79 Å². The molecule has 0 saturated carbocycles. The molecular formula is C15H20N2O2. The Labute approximate surface area is 113 Å². The van der Waals surface area contributed by atoms with Gasteiger partial charge < -0.3 is 15.4 Å². The summed E-state index contributed by atoms with van der Waals surface area (Å²) < 4.78 is 5.66. The van der Waals surface area contributed by atoms with Crippen molar-refractivity contribution in [2.45, 2.75) is 12.8 Å². The molecule has 0 radical (unpaired) electrons. The van der Waals surface area contributed by atoms with E-state index in [4.69, 9.17) is 4.74 Å². The van der Waals surface area contributed by atoms with E-state index in [-0.39, 0.29) is 11.8 Å². The Morgan fingerprint density at radius 2 is 2.32 bits per heavy atom. The highest BCUT2D eigenvalue weighted by molar-refractivity contribution is 5.79. The summed E-state index contributed by atoms with van der Waals surface area (Å²) in [6.07, 6.45) is 1.94. The van der Waals surface area contributed by atoms with E-state index in [1.807, 2.05) is 24.3 Å². The molecular weight excluding hydrogens is 240 g/mol. The number of nitrogens with one attached hydrogen (secondary N) is 2. The Bertz CT molecular complexity index is 455. The first-order chi connectivity index (χ1) is 9.33. The second kappa shape index (κ2) is 5.61. The van der Waals surface area contributed by atoms with Crippen LogP contribution < -0.4 is 15.4 Å². The van der Waals surface area contributed by atoms with E-state index in [0.717, 1.165) is 43.8 Å². The fourth-order valence-corrected chi connectivity index (χ4v) is 2.77. The first-order valence-electron chi connectivity index (χ1n) is 7.02. The van der Waals surface area contributed by atoms with Gasteiger partial charge in [0, 0.05) is 6.54 Å². The predicted octanol–water partition coefficient (Wildman–Crippen LogP) is 0.963. The summed E-state index contributed by atoms with van der Waals surface area (Å²) in [5.74, 6) is 1.58. The van der Waals surface area contributed by atoms with Gasteiger partial charge in [-0.05, 0) is 43.5 Å². The molecule has 2 atom stereocenters. The van der Waals surface area contributed by atoms with Crippen LogP contribution in [0.2, 0.25) is 0 Å². The number of benzene rings is 1. The number of hydrogen-bond donors (Lipinski definition) is 2. The summed E-state index contributed by atoms with van der Waals surface area (Å²) in [5, 5.41) is 6.38. The standard InChI is InChI=1S/C15H20N2O2/c18-15(17-9-11-5-6-16-8-11)13-7-12-3-1-2-4-14(12)19-10-13/h1-4,11,13,16H,5-10H2,(H,17,18). The van der Waals surface area contributed by atoms with E-state index in [9.17, 15) is 4.79 Å². The molecule has 1 fully saturated rings. The van der Waals surface area contributed by atoms with Gasteiger partial charge in [0.25, 0.3) is 0 Å². The molecule has 3 rings (SSSR count).